The van der Waals surface area contributed by atoms with Gasteiger partial charge in [0.15, 0.2) is 0 Å². The Bertz CT molecular complexity index is 478. The van der Waals surface area contributed by atoms with Gasteiger partial charge in [0.2, 0.25) is 0 Å². The molecule has 1 unspecified atom stereocenters. The molecule has 0 aromatic heterocycles. The Labute approximate surface area is 125 Å². The molecule has 4 heteroatoms. The maximum absolute atomic E-state index is 14.5. The quantitative estimate of drug-likeness (QED) is 0.876. The summed E-state index contributed by atoms with van der Waals surface area (Å²) in [4.78, 5) is 0. The van der Waals surface area contributed by atoms with Gasteiger partial charge >= 0.3 is 0 Å². The second kappa shape index (κ2) is 6.84. The Kier molecular flexibility index (Phi) is 5.33. The predicted octanol–water partition coefficient (Wildman–Crippen LogP) is 4.27. The number of halogens is 2. The van der Waals surface area contributed by atoms with Crippen molar-refractivity contribution in [3.05, 3.63) is 34.9 Å². The van der Waals surface area contributed by atoms with E-state index in [2.05, 4.69) is 5.32 Å². The minimum atomic E-state index is -0.517. The molecule has 1 fully saturated rings. The minimum absolute atomic E-state index is 0.118. The molecule has 0 saturated heterocycles. The van der Waals surface area contributed by atoms with Crippen molar-refractivity contribution in [2.75, 3.05) is 13.7 Å². The third kappa shape index (κ3) is 3.11. The first kappa shape index (κ1) is 16.4. The van der Waals surface area contributed by atoms with Crippen molar-refractivity contribution in [1.82, 2.24) is 5.32 Å². The summed E-state index contributed by atoms with van der Waals surface area (Å²) in [6, 6.07) is 2.37. The summed E-state index contributed by atoms with van der Waals surface area (Å²) < 4.78 is 34.9. The second-order valence-electron chi connectivity index (χ2n) is 5.87. The summed E-state index contributed by atoms with van der Waals surface area (Å²) in [6.07, 6.45) is 4.89. The molecule has 2 rings (SSSR count). The highest BCUT2D eigenvalue weighted by Gasteiger charge is 2.43. The zero-order valence-corrected chi connectivity index (χ0v) is 13.1. The smallest absolute Gasteiger partial charge is 0.133 e. The number of hydrogen-bond donors (Lipinski definition) is 1. The van der Waals surface area contributed by atoms with Gasteiger partial charge in [0.25, 0.3) is 0 Å². The van der Waals surface area contributed by atoms with E-state index < -0.39 is 23.3 Å². The molecule has 0 spiro atoms. The fourth-order valence-electron chi connectivity index (χ4n) is 3.57. The van der Waals surface area contributed by atoms with Gasteiger partial charge in [-0.05, 0) is 45.4 Å². The first-order chi connectivity index (χ1) is 10.1. The topological polar surface area (TPSA) is 21.3 Å². The first-order valence-corrected chi connectivity index (χ1v) is 7.81. The van der Waals surface area contributed by atoms with Crippen LogP contribution in [0.3, 0.4) is 0 Å². The molecule has 1 saturated carbocycles. The summed E-state index contributed by atoms with van der Waals surface area (Å²) in [7, 11) is 1.75. The molecule has 1 aromatic carbocycles. The van der Waals surface area contributed by atoms with Crippen LogP contribution in [0.5, 0.6) is 0 Å². The third-order valence-corrected chi connectivity index (χ3v) is 4.55. The number of benzene rings is 1. The number of ether oxygens (including phenoxy) is 1. The van der Waals surface area contributed by atoms with Crippen LogP contribution in [0.25, 0.3) is 0 Å². The maximum atomic E-state index is 14.5. The molecule has 0 heterocycles. The number of aryl methyl sites for hydroxylation is 1. The molecule has 0 radical (unpaired) electrons. The van der Waals surface area contributed by atoms with Gasteiger partial charge in [-0.1, -0.05) is 25.3 Å². The molecule has 0 amide bonds. The van der Waals surface area contributed by atoms with Crippen molar-refractivity contribution >= 4 is 0 Å². The standard InChI is InChI=1S/C17H25F2NO/c1-4-21-17(10-6-5-7-11-17)16(20-3)14-13(18)9-8-12(2)15(14)19/h8-9,16,20H,4-7,10-11H2,1-3H3. The van der Waals surface area contributed by atoms with Crippen molar-refractivity contribution in [2.45, 2.75) is 57.6 Å². The van der Waals surface area contributed by atoms with Crippen molar-refractivity contribution in [2.24, 2.45) is 0 Å². The van der Waals surface area contributed by atoms with E-state index in [0.717, 1.165) is 32.1 Å². The van der Waals surface area contributed by atoms with Crippen molar-refractivity contribution in [1.29, 1.82) is 0 Å². The molecule has 0 bridgehead atoms. The Balaban J connectivity index is 2.48. The number of rotatable bonds is 5. The highest BCUT2D eigenvalue weighted by atomic mass is 19.1. The van der Waals surface area contributed by atoms with E-state index in [0.29, 0.717) is 12.2 Å². The van der Waals surface area contributed by atoms with E-state index in [1.165, 1.54) is 12.1 Å². The monoisotopic (exact) mass is 297 g/mol. The van der Waals surface area contributed by atoms with Crippen LogP contribution in [0.4, 0.5) is 8.78 Å². The molecule has 21 heavy (non-hydrogen) atoms. The van der Waals surface area contributed by atoms with Crippen LogP contribution in [-0.2, 0) is 4.74 Å². The molecular weight excluding hydrogens is 272 g/mol. The summed E-state index contributed by atoms with van der Waals surface area (Å²) >= 11 is 0. The second-order valence-corrected chi connectivity index (χ2v) is 5.87. The lowest BCUT2D eigenvalue weighted by Crippen LogP contribution is -2.47. The van der Waals surface area contributed by atoms with E-state index in [1.54, 1.807) is 14.0 Å². The highest BCUT2D eigenvalue weighted by molar-refractivity contribution is 5.31. The minimum Gasteiger partial charge on any atom is -0.373 e. The lowest BCUT2D eigenvalue weighted by molar-refractivity contribution is -0.0911. The average Bonchev–Trinajstić information content (AvgIpc) is 2.49. The Morgan fingerprint density at radius 1 is 1.24 bits per heavy atom. The lowest BCUT2D eigenvalue weighted by Gasteiger charge is -2.43. The summed E-state index contributed by atoms with van der Waals surface area (Å²) in [6.45, 7) is 4.15. The zero-order valence-electron chi connectivity index (χ0n) is 13.1. The average molecular weight is 297 g/mol. The van der Waals surface area contributed by atoms with Gasteiger partial charge in [-0.2, -0.15) is 0 Å². The lowest BCUT2D eigenvalue weighted by atomic mass is 9.76. The van der Waals surface area contributed by atoms with Crippen molar-refractivity contribution in [3.63, 3.8) is 0 Å². The summed E-state index contributed by atoms with van der Waals surface area (Å²) in [5.74, 6) is -0.957. The van der Waals surface area contributed by atoms with Crippen molar-refractivity contribution < 1.29 is 13.5 Å². The maximum Gasteiger partial charge on any atom is 0.133 e. The van der Waals surface area contributed by atoms with E-state index in [1.807, 2.05) is 6.92 Å². The van der Waals surface area contributed by atoms with E-state index in [4.69, 9.17) is 4.74 Å². The normalized spacial score (nSPS) is 19.5. The van der Waals surface area contributed by atoms with Crippen LogP contribution in [0.15, 0.2) is 12.1 Å². The van der Waals surface area contributed by atoms with Crippen LogP contribution in [0.1, 0.15) is 56.2 Å². The molecule has 118 valence electrons. The molecule has 1 aliphatic rings. The Morgan fingerprint density at radius 3 is 2.48 bits per heavy atom. The molecule has 1 N–H and O–H groups in total. The fourth-order valence-corrected chi connectivity index (χ4v) is 3.57. The highest BCUT2D eigenvalue weighted by Crippen LogP contribution is 2.43. The van der Waals surface area contributed by atoms with E-state index in [-0.39, 0.29) is 5.56 Å². The van der Waals surface area contributed by atoms with Crippen LogP contribution in [-0.4, -0.2) is 19.3 Å². The predicted molar refractivity (Wildman–Crippen MR) is 80.3 cm³/mol. The fraction of sp³-hybridized carbons (Fsp3) is 0.647. The van der Waals surface area contributed by atoms with Crippen LogP contribution >= 0.6 is 0 Å². The van der Waals surface area contributed by atoms with E-state index >= 15 is 0 Å². The summed E-state index contributed by atoms with van der Waals surface area (Å²) in [5.41, 5.74) is 0.0685. The van der Waals surface area contributed by atoms with E-state index in [9.17, 15) is 8.78 Å². The number of nitrogens with one attached hydrogen (secondary N) is 1. The van der Waals surface area contributed by atoms with Gasteiger partial charge in [-0.25, -0.2) is 8.78 Å². The molecule has 1 atom stereocenters. The van der Waals surface area contributed by atoms with Crippen LogP contribution in [0, 0.1) is 18.6 Å². The largest absolute Gasteiger partial charge is 0.373 e. The molecule has 1 aromatic rings. The first-order valence-electron chi connectivity index (χ1n) is 7.81. The molecular formula is C17H25F2NO. The van der Waals surface area contributed by atoms with Crippen LogP contribution in [0.2, 0.25) is 0 Å². The van der Waals surface area contributed by atoms with Gasteiger partial charge in [0.05, 0.1) is 11.6 Å². The molecule has 2 nitrogen and oxygen atoms in total. The number of likely N-dealkylation sites (N-methyl/N-ethyl adjacent to an activating group) is 1. The molecule has 1 aliphatic carbocycles. The Morgan fingerprint density at radius 2 is 1.90 bits per heavy atom. The summed E-state index contributed by atoms with van der Waals surface area (Å²) in [5, 5.41) is 3.12. The van der Waals surface area contributed by atoms with Gasteiger partial charge < -0.3 is 10.1 Å². The zero-order chi connectivity index (χ0) is 15.5. The van der Waals surface area contributed by atoms with Gasteiger partial charge in [0, 0.05) is 12.2 Å². The van der Waals surface area contributed by atoms with Crippen molar-refractivity contribution in [3.8, 4) is 0 Å². The van der Waals surface area contributed by atoms with Gasteiger partial charge in [0.1, 0.15) is 11.6 Å². The van der Waals surface area contributed by atoms with Crippen LogP contribution < -0.4 is 5.32 Å². The Hall–Kier alpha value is -1.00. The third-order valence-electron chi connectivity index (χ3n) is 4.55. The van der Waals surface area contributed by atoms with Gasteiger partial charge in [-0.3, -0.25) is 0 Å². The number of hydrogen-bond acceptors (Lipinski definition) is 2. The SMILES string of the molecule is CCOC1(C(NC)c2c(F)ccc(C)c2F)CCCCC1. The van der Waals surface area contributed by atoms with Gasteiger partial charge in [-0.15, -0.1) is 0 Å². The molecule has 0 aliphatic heterocycles.